The summed E-state index contributed by atoms with van der Waals surface area (Å²) >= 11 is 3.51. The van der Waals surface area contributed by atoms with E-state index in [1.807, 2.05) is 39.0 Å². The molecule has 1 atom stereocenters. The van der Waals surface area contributed by atoms with Gasteiger partial charge in [-0.2, -0.15) is 0 Å². The molecule has 0 heterocycles. The molecular formula is C12H18BrNO. The Morgan fingerprint density at radius 1 is 1.47 bits per heavy atom. The molecule has 15 heavy (non-hydrogen) atoms. The van der Waals surface area contributed by atoms with Crippen LogP contribution in [0.3, 0.4) is 0 Å². The number of aliphatic hydroxyl groups excluding tert-OH is 1. The molecule has 0 fully saturated rings. The van der Waals surface area contributed by atoms with Crippen molar-refractivity contribution in [3.8, 4) is 0 Å². The first-order valence-electron chi connectivity index (χ1n) is 5.01. The van der Waals surface area contributed by atoms with Crippen LogP contribution in [0.5, 0.6) is 0 Å². The van der Waals surface area contributed by atoms with Gasteiger partial charge in [0.15, 0.2) is 0 Å². The molecule has 0 radical (unpaired) electrons. The molecular weight excluding hydrogens is 254 g/mol. The van der Waals surface area contributed by atoms with Crippen molar-refractivity contribution in [3.05, 3.63) is 33.8 Å². The van der Waals surface area contributed by atoms with E-state index in [0.717, 1.165) is 10.0 Å². The summed E-state index contributed by atoms with van der Waals surface area (Å²) in [5.41, 5.74) is 8.07. The molecule has 0 spiro atoms. The van der Waals surface area contributed by atoms with Gasteiger partial charge < -0.3 is 10.8 Å². The topological polar surface area (TPSA) is 46.2 Å². The average molecular weight is 272 g/mol. The normalized spacial score (nSPS) is 14.0. The molecule has 2 nitrogen and oxygen atoms in total. The van der Waals surface area contributed by atoms with E-state index in [-0.39, 0.29) is 18.1 Å². The zero-order valence-corrected chi connectivity index (χ0v) is 11.0. The molecule has 0 aliphatic heterocycles. The van der Waals surface area contributed by atoms with E-state index in [2.05, 4.69) is 15.9 Å². The van der Waals surface area contributed by atoms with E-state index >= 15 is 0 Å². The molecule has 3 N–H and O–H groups in total. The van der Waals surface area contributed by atoms with Crippen LogP contribution in [0.25, 0.3) is 0 Å². The Morgan fingerprint density at radius 3 is 2.53 bits per heavy atom. The van der Waals surface area contributed by atoms with E-state index in [1.54, 1.807) is 0 Å². The lowest BCUT2D eigenvalue weighted by Crippen LogP contribution is -2.32. The molecule has 1 rings (SSSR count). The van der Waals surface area contributed by atoms with Crippen LogP contribution in [-0.4, -0.2) is 11.7 Å². The van der Waals surface area contributed by atoms with Crippen molar-refractivity contribution in [1.29, 1.82) is 0 Å². The second-order valence-electron chi connectivity index (χ2n) is 4.65. The molecule has 0 amide bonds. The van der Waals surface area contributed by atoms with Crippen molar-refractivity contribution in [1.82, 2.24) is 0 Å². The predicted octanol–water partition coefficient (Wildman–Crippen LogP) is 2.78. The van der Waals surface area contributed by atoms with Gasteiger partial charge >= 0.3 is 0 Å². The Balaban J connectivity index is 3.06. The smallest absolute Gasteiger partial charge is 0.0500 e. The third-order valence-electron chi connectivity index (χ3n) is 2.74. The van der Waals surface area contributed by atoms with Crippen LogP contribution < -0.4 is 5.73 Å². The highest BCUT2D eigenvalue weighted by Crippen LogP contribution is 2.34. The van der Waals surface area contributed by atoms with Crippen LogP contribution >= 0.6 is 15.9 Å². The fraction of sp³-hybridized carbons (Fsp3) is 0.500. The molecule has 84 valence electrons. The summed E-state index contributed by atoms with van der Waals surface area (Å²) in [6.07, 6.45) is 0. The van der Waals surface area contributed by atoms with Crippen molar-refractivity contribution in [2.75, 3.05) is 6.61 Å². The minimum absolute atomic E-state index is 0.0779. The Hall–Kier alpha value is -0.380. The minimum Gasteiger partial charge on any atom is -0.396 e. The van der Waals surface area contributed by atoms with Crippen molar-refractivity contribution < 1.29 is 5.11 Å². The van der Waals surface area contributed by atoms with Gasteiger partial charge in [-0.3, -0.25) is 0 Å². The van der Waals surface area contributed by atoms with Gasteiger partial charge in [0.1, 0.15) is 0 Å². The molecule has 0 bridgehead atoms. The zero-order chi connectivity index (χ0) is 11.6. The van der Waals surface area contributed by atoms with E-state index in [1.165, 1.54) is 5.56 Å². The maximum Gasteiger partial charge on any atom is 0.0500 e. The number of rotatable bonds is 3. The highest BCUT2D eigenvalue weighted by Gasteiger charge is 2.28. The van der Waals surface area contributed by atoms with E-state index in [0.29, 0.717) is 0 Å². The first-order valence-corrected chi connectivity index (χ1v) is 5.80. The summed E-state index contributed by atoms with van der Waals surface area (Å²) < 4.78 is 1.01. The molecule has 0 unspecified atom stereocenters. The fourth-order valence-corrected chi connectivity index (χ4v) is 2.14. The van der Waals surface area contributed by atoms with Crippen molar-refractivity contribution in [2.45, 2.75) is 26.8 Å². The summed E-state index contributed by atoms with van der Waals surface area (Å²) in [5, 5.41) is 9.28. The quantitative estimate of drug-likeness (QED) is 0.888. The minimum atomic E-state index is -0.308. The summed E-state index contributed by atoms with van der Waals surface area (Å²) in [6, 6.07) is 5.93. The van der Waals surface area contributed by atoms with Crippen LogP contribution in [0.1, 0.15) is 31.0 Å². The first-order chi connectivity index (χ1) is 6.88. The molecule has 0 aliphatic rings. The number of hydrogen-bond donors (Lipinski definition) is 2. The van der Waals surface area contributed by atoms with Gasteiger partial charge in [-0.25, -0.2) is 0 Å². The number of hydrogen-bond acceptors (Lipinski definition) is 2. The molecule has 1 aromatic carbocycles. The standard InChI is InChI=1S/C12H18BrNO/c1-8-4-5-9(10(13)6-8)11(14)12(2,3)7-15/h4-6,11,15H,7,14H2,1-3H3/t11-/m1/s1. The van der Waals surface area contributed by atoms with E-state index in [4.69, 9.17) is 5.73 Å². The van der Waals surface area contributed by atoms with Gasteiger partial charge in [-0.1, -0.05) is 41.9 Å². The van der Waals surface area contributed by atoms with Gasteiger partial charge in [-0.15, -0.1) is 0 Å². The Labute approximate surface area is 99.6 Å². The molecule has 3 heteroatoms. The summed E-state index contributed by atoms with van der Waals surface area (Å²) in [5.74, 6) is 0. The lowest BCUT2D eigenvalue weighted by Gasteiger charge is -2.30. The molecule has 0 aliphatic carbocycles. The highest BCUT2D eigenvalue weighted by atomic mass is 79.9. The highest BCUT2D eigenvalue weighted by molar-refractivity contribution is 9.10. The average Bonchev–Trinajstić information content (AvgIpc) is 2.17. The second-order valence-corrected chi connectivity index (χ2v) is 5.50. The number of benzene rings is 1. The maximum atomic E-state index is 9.28. The summed E-state index contributed by atoms with van der Waals surface area (Å²) in [7, 11) is 0. The van der Waals surface area contributed by atoms with Crippen molar-refractivity contribution >= 4 is 15.9 Å². The second kappa shape index (κ2) is 4.64. The maximum absolute atomic E-state index is 9.28. The van der Waals surface area contributed by atoms with Crippen LogP contribution in [0.15, 0.2) is 22.7 Å². The van der Waals surface area contributed by atoms with Crippen LogP contribution in [0.4, 0.5) is 0 Å². The Morgan fingerprint density at radius 2 is 2.07 bits per heavy atom. The SMILES string of the molecule is Cc1ccc([C@@H](N)C(C)(C)CO)c(Br)c1. The third kappa shape index (κ3) is 2.80. The van der Waals surface area contributed by atoms with E-state index in [9.17, 15) is 5.11 Å². The number of halogens is 1. The van der Waals surface area contributed by atoms with Gasteiger partial charge in [0, 0.05) is 22.5 Å². The van der Waals surface area contributed by atoms with Crippen molar-refractivity contribution in [2.24, 2.45) is 11.1 Å². The number of aliphatic hydroxyl groups is 1. The van der Waals surface area contributed by atoms with Gasteiger partial charge in [0.05, 0.1) is 0 Å². The van der Waals surface area contributed by atoms with E-state index < -0.39 is 0 Å². The predicted molar refractivity (Wildman–Crippen MR) is 66.7 cm³/mol. The van der Waals surface area contributed by atoms with Crippen LogP contribution in [0.2, 0.25) is 0 Å². The van der Waals surface area contributed by atoms with Gasteiger partial charge in [0.25, 0.3) is 0 Å². The fourth-order valence-electron chi connectivity index (χ4n) is 1.40. The van der Waals surface area contributed by atoms with Crippen LogP contribution in [0, 0.1) is 12.3 Å². The number of aryl methyl sites for hydroxylation is 1. The monoisotopic (exact) mass is 271 g/mol. The molecule has 0 saturated carbocycles. The Bertz CT molecular complexity index is 349. The third-order valence-corrected chi connectivity index (χ3v) is 3.43. The van der Waals surface area contributed by atoms with Crippen LogP contribution in [-0.2, 0) is 0 Å². The molecule has 1 aromatic rings. The summed E-state index contributed by atoms with van der Waals surface area (Å²) in [6.45, 7) is 6.04. The first kappa shape index (κ1) is 12.7. The zero-order valence-electron chi connectivity index (χ0n) is 9.42. The largest absolute Gasteiger partial charge is 0.396 e. The number of nitrogens with two attached hydrogens (primary N) is 1. The van der Waals surface area contributed by atoms with Gasteiger partial charge in [-0.05, 0) is 24.1 Å². The lowest BCUT2D eigenvalue weighted by molar-refractivity contribution is 0.132. The van der Waals surface area contributed by atoms with Gasteiger partial charge in [0.2, 0.25) is 0 Å². The molecule has 0 saturated heterocycles. The molecule has 0 aromatic heterocycles. The Kier molecular flexibility index (Phi) is 3.93. The summed E-state index contributed by atoms with van der Waals surface area (Å²) in [4.78, 5) is 0. The van der Waals surface area contributed by atoms with Crippen molar-refractivity contribution in [3.63, 3.8) is 0 Å². The lowest BCUT2D eigenvalue weighted by atomic mass is 9.82.